The van der Waals surface area contributed by atoms with E-state index in [1.54, 1.807) is 0 Å². The van der Waals surface area contributed by atoms with Gasteiger partial charge in [-0.25, -0.2) is 9.59 Å². The molecule has 0 saturated carbocycles. The maximum atomic E-state index is 11.4. The molecule has 16 heavy (non-hydrogen) atoms. The summed E-state index contributed by atoms with van der Waals surface area (Å²) in [5.41, 5.74) is 0. The van der Waals surface area contributed by atoms with Crippen LogP contribution in [0.4, 0.5) is 0 Å². The maximum absolute atomic E-state index is 11.4. The van der Waals surface area contributed by atoms with Crippen molar-refractivity contribution in [1.29, 1.82) is 0 Å². The van der Waals surface area contributed by atoms with Crippen molar-refractivity contribution in [2.75, 3.05) is 7.11 Å². The van der Waals surface area contributed by atoms with Crippen molar-refractivity contribution in [3.8, 4) is 0 Å². The van der Waals surface area contributed by atoms with Gasteiger partial charge in [-0.05, 0) is 22.0 Å². The molecular weight excluding hydrogens is 322 g/mol. The third kappa shape index (κ3) is 2.56. The molecule has 0 bridgehead atoms. The normalized spacial score (nSPS) is 10.6. The van der Waals surface area contributed by atoms with E-state index >= 15 is 0 Å². The molecule has 0 atom stereocenters. The first-order valence-corrected chi connectivity index (χ1v) is 6.69. The lowest BCUT2D eigenvalue weighted by Gasteiger charge is -1.91. The number of carbonyl (C=O) groups is 1. The average molecular weight is 326 g/mol. The van der Waals surface area contributed by atoms with Gasteiger partial charge < -0.3 is 4.74 Å². The molecule has 0 N–H and O–H groups in total. The highest BCUT2D eigenvalue weighted by Crippen LogP contribution is 2.32. The van der Waals surface area contributed by atoms with Gasteiger partial charge in [0.1, 0.15) is 9.77 Å². The monoisotopic (exact) mass is 325 g/mol. The molecule has 0 aromatic carbocycles. The Morgan fingerprint density at radius 2 is 2.25 bits per heavy atom. The van der Waals surface area contributed by atoms with E-state index in [9.17, 15) is 18.0 Å². The Morgan fingerprint density at radius 3 is 2.75 bits per heavy atom. The number of nitrogens with zero attached hydrogens (tertiary/aromatic N) is 1. The molecule has 0 unspecified atom stereocenters. The van der Waals surface area contributed by atoms with Crippen LogP contribution in [-0.2, 0) is 19.6 Å². The van der Waals surface area contributed by atoms with Gasteiger partial charge in [0, 0.05) is 0 Å². The third-order valence-corrected chi connectivity index (χ3v) is 4.88. The zero-order valence-corrected chi connectivity index (χ0v) is 11.0. The van der Waals surface area contributed by atoms with Crippen LogP contribution in [-0.4, -0.2) is 27.6 Å². The molecule has 0 saturated heterocycles. The molecule has 0 fully saturated rings. The molecular formula is C7H4BrNO5S2. The van der Waals surface area contributed by atoms with Crippen LogP contribution in [0.25, 0.3) is 0 Å². The summed E-state index contributed by atoms with van der Waals surface area (Å²) < 4.78 is 30.0. The number of hydrogen-bond acceptors (Lipinski definition) is 6. The van der Waals surface area contributed by atoms with Crippen LogP contribution in [0.5, 0.6) is 0 Å². The molecule has 0 amide bonds. The second-order valence-corrected chi connectivity index (χ2v) is 6.34. The van der Waals surface area contributed by atoms with Gasteiger partial charge in [-0.2, -0.15) is 8.42 Å². The van der Waals surface area contributed by atoms with Gasteiger partial charge in [0.15, 0.2) is 0 Å². The van der Waals surface area contributed by atoms with Crippen molar-refractivity contribution in [3.05, 3.63) is 14.7 Å². The summed E-state index contributed by atoms with van der Waals surface area (Å²) in [5.74, 6) is -0.665. The van der Waals surface area contributed by atoms with Crippen LogP contribution in [0, 0.1) is 0 Å². The molecule has 0 aliphatic heterocycles. The number of sulfonamides is 1. The highest BCUT2D eigenvalue weighted by molar-refractivity contribution is 9.11. The molecule has 0 aliphatic carbocycles. The minimum absolute atomic E-state index is 0.0917. The van der Waals surface area contributed by atoms with Gasteiger partial charge in [0.25, 0.3) is 16.1 Å². The summed E-state index contributed by atoms with van der Waals surface area (Å²) in [5, 5.41) is 0. The Labute approximate surface area is 103 Å². The Hall–Kier alpha value is -1.02. The quantitative estimate of drug-likeness (QED) is 0.475. The van der Waals surface area contributed by atoms with E-state index in [4.69, 9.17) is 0 Å². The van der Waals surface area contributed by atoms with E-state index < -0.39 is 16.0 Å². The molecule has 9 heteroatoms. The summed E-state index contributed by atoms with van der Waals surface area (Å²) in [4.78, 5) is 20.9. The molecule has 1 aromatic heterocycles. The standard InChI is InChI=1S/C7H4BrNO5S2/c1-14-7(11)4-2-5(6(8)15-4)16(12,13)9-3-10/h2H,1H3. The van der Waals surface area contributed by atoms with E-state index in [-0.39, 0.29) is 13.6 Å². The van der Waals surface area contributed by atoms with Crippen molar-refractivity contribution >= 4 is 49.3 Å². The number of thiophene rings is 1. The first-order chi connectivity index (χ1) is 7.42. The minimum atomic E-state index is -4.10. The van der Waals surface area contributed by atoms with Crippen molar-refractivity contribution in [3.63, 3.8) is 0 Å². The van der Waals surface area contributed by atoms with Gasteiger partial charge in [-0.3, -0.25) is 0 Å². The lowest BCUT2D eigenvalue weighted by molar-refractivity contribution is 0.0606. The van der Waals surface area contributed by atoms with Crippen LogP contribution in [0.3, 0.4) is 0 Å². The van der Waals surface area contributed by atoms with Crippen LogP contribution < -0.4 is 0 Å². The summed E-state index contributed by atoms with van der Waals surface area (Å²) in [6, 6.07) is 1.08. The van der Waals surface area contributed by atoms with Crippen molar-refractivity contribution < 1.29 is 22.7 Å². The molecule has 1 rings (SSSR count). The largest absolute Gasteiger partial charge is 0.465 e. The number of carbonyl (C=O) groups excluding carboxylic acids is 2. The smallest absolute Gasteiger partial charge is 0.348 e. The van der Waals surface area contributed by atoms with E-state index in [1.165, 1.54) is 7.11 Å². The third-order valence-electron chi connectivity index (χ3n) is 1.48. The molecule has 6 nitrogen and oxygen atoms in total. The zero-order valence-electron chi connectivity index (χ0n) is 7.76. The molecule has 0 aliphatic rings. The van der Waals surface area contributed by atoms with Crippen molar-refractivity contribution in [2.45, 2.75) is 4.90 Å². The first-order valence-electron chi connectivity index (χ1n) is 3.64. The topological polar surface area (TPSA) is 89.9 Å². The van der Waals surface area contributed by atoms with Gasteiger partial charge in [0.05, 0.1) is 10.9 Å². The summed E-state index contributed by atoms with van der Waals surface area (Å²) >= 11 is 3.84. The fourth-order valence-corrected chi connectivity index (χ4v) is 3.96. The Bertz CT molecular complexity index is 570. The van der Waals surface area contributed by atoms with E-state index in [1.807, 2.05) is 0 Å². The van der Waals surface area contributed by atoms with Crippen LogP contribution in [0.2, 0.25) is 0 Å². The second-order valence-electron chi connectivity index (χ2n) is 2.40. The molecule has 1 heterocycles. The van der Waals surface area contributed by atoms with E-state index in [0.29, 0.717) is 0 Å². The van der Waals surface area contributed by atoms with Crippen LogP contribution in [0.1, 0.15) is 9.67 Å². The number of ether oxygens (including phenoxy) is 1. The fraction of sp³-hybridized carbons (Fsp3) is 0.143. The zero-order chi connectivity index (χ0) is 12.3. The van der Waals surface area contributed by atoms with E-state index in [0.717, 1.165) is 23.5 Å². The van der Waals surface area contributed by atoms with E-state index in [2.05, 4.69) is 25.1 Å². The van der Waals surface area contributed by atoms with Gasteiger partial charge >= 0.3 is 5.97 Å². The number of hydrogen-bond donors (Lipinski definition) is 0. The Balaban J connectivity index is 3.33. The molecule has 0 spiro atoms. The van der Waals surface area contributed by atoms with Crippen molar-refractivity contribution in [1.82, 2.24) is 0 Å². The SMILES string of the molecule is COC(=O)c1cc(S(=O)(=O)N=C=O)c(Br)s1. The summed E-state index contributed by atoms with van der Waals surface area (Å²) in [6.45, 7) is 0. The lowest BCUT2D eigenvalue weighted by Crippen LogP contribution is -1.98. The Kier molecular flexibility index (Phi) is 3.98. The molecule has 1 aromatic rings. The molecule has 86 valence electrons. The van der Waals surface area contributed by atoms with Crippen molar-refractivity contribution in [2.24, 2.45) is 4.40 Å². The number of methoxy groups -OCH3 is 1. The maximum Gasteiger partial charge on any atom is 0.348 e. The summed E-state index contributed by atoms with van der Waals surface area (Å²) in [7, 11) is -2.93. The number of isocyanates is 1. The lowest BCUT2D eigenvalue weighted by atomic mass is 10.5. The number of esters is 1. The van der Waals surface area contributed by atoms with Crippen LogP contribution >= 0.6 is 27.3 Å². The summed E-state index contributed by atoms with van der Waals surface area (Å²) in [6.07, 6.45) is 0.941. The van der Waals surface area contributed by atoms with Gasteiger partial charge in [0.2, 0.25) is 0 Å². The van der Waals surface area contributed by atoms with Gasteiger partial charge in [-0.1, -0.05) is 4.40 Å². The number of halogens is 1. The Morgan fingerprint density at radius 1 is 1.62 bits per heavy atom. The highest BCUT2D eigenvalue weighted by atomic mass is 79.9. The minimum Gasteiger partial charge on any atom is -0.465 e. The first kappa shape index (κ1) is 13.0. The predicted octanol–water partition coefficient (Wildman–Crippen LogP) is 1.32. The average Bonchev–Trinajstić information content (AvgIpc) is 2.60. The van der Waals surface area contributed by atoms with Gasteiger partial charge in [-0.15, -0.1) is 11.3 Å². The number of rotatable bonds is 3. The molecule has 0 radical (unpaired) electrons. The fourth-order valence-electron chi connectivity index (χ4n) is 0.827. The van der Waals surface area contributed by atoms with Crippen LogP contribution in [0.15, 0.2) is 19.1 Å². The highest BCUT2D eigenvalue weighted by Gasteiger charge is 2.23. The predicted molar refractivity (Wildman–Crippen MR) is 58.7 cm³/mol. The second kappa shape index (κ2) is 4.88.